The van der Waals surface area contributed by atoms with Crippen molar-refractivity contribution >= 4 is 16.7 Å². The molecule has 0 radical (unpaired) electrons. The summed E-state index contributed by atoms with van der Waals surface area (Å²) in [6.07, 6.45) is 0. The highest BCUT2D eigenvalue weighted by Crippen LogP contribution is 2.27. The van der Waals surface area contributed by atoms with Gasteiger partial charge in [0.2, 0.25) is 0 Å². The third-order valence-electron chi connectivity index (χ3n) is 4.35. The van der Waals surface area contributed by atoms with E-state index in [1.807, 2.05) is 48.5 Å². The average Bonchev–Trinajstić information content (AvgIpc) is 2.66. The average molecular weight is 349 g/mol. The zero-order chi connectivity index (χ0) is 18.7. The van der Waals surface area contributed by atoms with Gasteiger partial charge < -0.3 is 15.2 Å². The predicted octanol–water partition coefficient (Wildman–Crippen LogP) is 4.02. The highest BCUT2D eigenvalue weighted by molar-refractivity contribution is 5.99. The van der Waals surface area contributed by atoms with E-state index in [1.165, 1.54) is 0 Å². The molecule has 0 unspecified atom stereocenters. The SMILES string of the molecule is COc1cccc(-c2ccc3cc(C(=O)NC(C)(C)CO)ccc3c2)c1. The third kappa shape index (κ3) is 3.86. The van der Waals surface area contributed by atoms with Crippen LogP contribution in [0.4, 0.5) is 0 Å². The Morgan fingerprint density at radius 3 is 2.42 bits per heavy atom. The summed E-state index contributed by atoms with van der Waals surface area (Å²) in [6, 6.07) is 19.7. The van der Waals surface area contributed by atoms with Crippen molar-refractivity contribution in [3.8, 4) is 16.9 Å². The monoisotopic (exact) mass is 349 g/mol. The van der Waals surface area contributed by atoms with Gasteiger partial charge in [-0.05, 0) is 66.1 Å². The number of aliphatic hydroxyl groups is 1. The van der Waals surface area contributed by atoms with Crippen molar-refractivity contribution in [2.24, 2.45) is 0 Å². The highest BCUT2D eigenvalue weighted by atomic mass is 16.5. The van der Waals surface area contributed by atoms with Gasteiger partial charge in [0.05, 0.1) is 19.3 Å². The van der Waals surface area contributed by atoms with Crippen LogP contribution in [0.15, 0.2) is 60.7 Å². The van der Waals surface area contributed by atoms with Crippen LogP contribution in [-0.2, 0) is 0 Å². The van der Waals surface area contributed by atoms with Gasteiger partial charge in [-0.25, -0.2) is 0 Å². The van der Waals surface area contributed by atoms with Crippen LogP contribution in [0, 0.1) is 0 Å². The van der Waals surface area contributed by atoms with Crippen molar-refractivity contribution in [1.82, 2.24) is 5.32 Å². The summed E-state index contributed by atoms with van der Waals surface area (Å²) in [5.74, 6) is 0.629. The summed E-state index contributed by atoms with van der Waals surface area (Å²) >= 11 is 0. The number of fused-ring (bicyclic) bond motifs is 1. The van der Waals surface area contributed by atoms with Crippen molar-refractivity contribution in [3.63, 3.8) is 0 Å². The molecule has 134 valence electrons. The Morgan fingerprint density at radius 2 is 1.69 bits per heavy atom. The van der Waals surface area contributed by atoms with E-state index in [0.29, 0.717) is 5.56 Å². The number of carbonyl (C=O) groups is 1. The molecule has 26 heavy (non-hydrogen) atoms. The second kappa shape index (κ2) is 7.18. The van der Waals surface area contributed by atoms with E-state index in [9.17, 15) is 9.90 Å². The van der Waals surface area contributed by atoms with Crippen LogP contribution in [0.1, 0.15) is 24.2 Å². The van der Waals surface area contributed by atoms with Crippen molar-refractivity contribution in [2.75, 3.05) is 13.7 Å². The molecule has 3 rings (SSSR count). The summed E-state index contributed by atoms with van der Waals surface area (Å²) in [5, 5.41) is 14.2. The number of amides is 1. The summed E-state index contributed by atoms with van der Waals surface area (Å²) in [4.78, 5) is 12.4. The highest BCUT2D eigenvalue weighted by Gasteiger charge is 2.20. The van der Waals surface area contributed by atoms with E-state index in [-0.39, 0.29) is 12.5 Å². The maximum absolute atomic E-state index is 12.4. The van der Waals surface area contributed by atoms with E-state index in [1.54, 1.807) is 27.0 Å². The molecule has 1 amide bonds. The Morgan fingerprint density at radius 1 is 1.00 bits per heavy atom. The lowest BCUT2D eigenvalue weighted by molar-refractivity contribution is 0.0869. The minimum absolute atomic E-state index is 0.115. The number of hydrogen-bond donors (Lipinski definition) is 2. The number of methoxy groups -OCH3 is 1. The van der Waals surface area contributed by atoms with Gasteiger partial charge in [0.15, 0.2) is 0 Å². The first-order chi connectivity index (χ1) is 12.4. The van der Waals surface area contributed by atoms with E-state index in [0.717, 1.165) is 27.6 Å². The smallest absolute Gasteiger partial charge is 0.251 e. The first-order valence-corrected chi connectivity index (χ1v) is 8.53. The van der Waals surface area contributed by atoms with Crippen LogP contribution >= 0.6 is 0 Å². The maximum atomic E-state index is 12.4. The molecular formula is C22H23NO3. The molecule has 0 atom stereocenters. The van der Waals surface area contributed by atoms with Crippen LogP contribution < -0.4 is 10.1 Å². The lowest BCUT2D eigenvalue weighted by atomic mass is 9.99. The molecule has 0 heterocycles. The van der Waals surface area contributed by atoms with Crippen LogP contribution in [0.5, 0.6) is 5.75 Å². The van der Waals surface area contributed by atoms with Crippen molar-refractivity contribution in [3.05, 3.63) is 66.2 Å². The van der Waals surface area contributed by atoms with Crippen LogP contribution in [-0.4, -0.2) is 30.3 Å². The second-order valence-corrected chi connectivity index (χ2v) is 7.00. The zero-order valence-corrected chi connectivity index (χ0v) is 15.2. The number of ether oxygens (including phenoxy) is 1. The van der Waals surface area contributed by atoms with Crippen LogP contribution in [0.3, 0.4) is 0 Å². The lowest BCUT2D eigenvalue weighted by Gasteiger charge is -2.23. The molecule has 0 aliphatic heterocycles. The van der Waals surface area contributed by atoms with Gasteiger partial charge in [-0.2, -0.15) is 0 Å². The topological polar surface area (TPSA) is 58.6 Å². The first-order valence-electron chi connectivity index (χ1n) is 8.53. The first kappa shape index (κ1) is 18.0. The molecular weight excluding hydrogens is 326 g/mol. The largest absolute Gasteiger partial charge is 0.497 e. The summed E-state index contributed by atoms with van der Waals surface area (Å²) in [7, 11) is 1.66. The van der Waals surface area contributed by atoms with E-state index in [4.69, 9.17) is 4.74 Å². The molecule has 0 saturated heterocycles. The Kier molecular flexibility index (Phi) is 4.96. The predicted molar refractivity (Wildman–Crippen MR) is 105 cm³/mol. The molecule has 0 fully saturated rings. The Balaban J connectivity index is 1.91. The lowest BCUT2D eigenvalue weighted by Crippen LogP contribution is -2.46. The molecule has 3 aromatic carbocycles. The third-order valence-corrected chi connectivity index (χ3v) is 4.35. The zero-order valence-electron chi connectivity index (χ0n) is 15.2. The molecule has 0 aromatic heterocycles. The Hall–Kier alpha value is -2.85. The number of rotatable bonds is 5. The standard InChI is InChI=1S/C22H23NO3/c1-22(2,14-24)23-21(25)19-10-9-17-11-16(7-8-18(17)12-19)15-5-4-6-20(13-15)26-3/h4-13,24H,14H2,1-3H3,(H,23,25). The second-order valence-electron chi connectivity index (χ2n) is 7.00. The minimum Gasteiger partial charge on any atom is -0.497 e. The van der Waals surface area contributed by atoms with Gasteiger partial charge in [-0.3, -0.25) is 4.79 Å². The summed E-state index contributed by atoms with van der Waals surface area (Å²) in [6.45, 7) is 3.45. The molecule has 0 bridgehead atoms. The Bertz CT molecular complexity index is 947. The molecule has 4 nitrogen and oxygen atoms in total. The van der Waals surface area contributed by atoms with Gasteiger partial charge in [-0.15, -0.1) is 0 Å². The van der Waals surface area contributed by atoms with E-state index >= 15 is 0 Å². The van der Waals surface area contributed by atoms with Crippen LogP contribution in [0.25, 0.3) is 21.9 Å². The number of carbonyl (C=O) groups excluding carboxylic acids is 1. The molecule has 0 aliphatic rings. The fourth-order valence-electron chi connectivity index (χ4n) is 2.79. The number of aliphatic hydroxyl groups excluding tert-OH is 1. The molecule has 0 spiro atoms. The van der Waals surface area contributed by atoms with E-state index in [2.05, 4.69) is 11.4 Å². The molecule has 4 heteroatoms. The normalized spacial score (nSPS) is 11.4. The maximum Gasteiger partial charge on any atom is 0.251 e. The Labute approximate surface area is 153 Å². The molecule has 2 N–H and O–H groups in total. The van der Waals surface area contributed by atoms with E-state index < -0.39 is 5.54 Å². The molecule has 0 aliphatic carbocycles. The summed E-state index contributed by atoms with van der Waals surface area (Å²) < 4.78 is 5.29. The van der Waals surface area contributed by atoms with Crippen molar-refractivity contribution < 1.29 is 14.6 Å². The molecule has 0 saturated carbocycles. The quantitative estimate of drug-likeness (QED) is 0.731. The van der Waals surface area contributed by atoms with Crippen molar-refractivity contribution in [2.45, 2.75) is 19.4 Å². The van der Waals surface area contributed by atoms with Crippen molar-refractivity contribution in [1.29, 1.82) is 0 Å². The van der Waals surface area contributed by atoms with Crippen LogP contribution in [0.2, 0.25) is 0 Å². The van der Waals surface area contributed by atoms with Gasteiger partial charge in [0, 0.05) is 5.56 Å². The molecule has 3 aromatic rings. The van der Waals surface area contributed by atoms with Gasteiger partial charge >= 0.3 is 0 Å². The fraction of sp³-hybridized carbons (Fsp3) is 0.227. The minimum atomic E-state index is -0.651. The number of hydrogen-bond acceptors (Lipinski definition) is 3. The number of benzene rings is 3. The van der Waals surface area contributed by atoms with Gasteiger partial charge in [0.25, 0.3) is 5.91 Å². The van der Waals surface area contributed by atoms with Gasteiger partial charge in [-0.1, -0.05) is 30.3 Å². The summed E-state index contributed by atoms with van der Waals surface area (Å²) in [5.41, 5.74) is 2.10. The fourth-order valence-corrected chi connectivity index (χ4v) is 2.79. The number of nitrogens with one attached hydrogen (secondary N) is 1. The van der Waals surface area contributed by atoms with Gasteiger partial charge in [0.1, 0.15) is 5.75 Å².